The molecule has 2 amide bonds. The number of rotatable bonds is 13. The monoisotopic (exact) mass is 631 g/mol. The topological polar surface area (TPSA) is 86.8 Å². The minimum atomic E-state index is -3.85. The summed E-state index contributed by atoms with van der Waals surface area (Å²) in [5.74, 6) is -0.592. The zero-order valence-corrected chi connectivity index (χ0v) is 27.0. The Morgan fingerprint density at radius 2 is 1.52 bits per heavy atom. The third-order valence-corrected chi connectivity index (χ3v) is 9.02. The molecule has 3 aromatic carbocycles. The largest absolute Gasteiger partial charge is 0.352 e. The molecule has 1 N–H and O–H groups in total. The smallest absolute Gasteiger partial charge is 0.244 e. The van der Waals surface area contributed by atoms with Gasteiger partial charge in [0.15, 0.2) is 0 Å². The Kier molecular flexibility index (Phi) is 11.9. The predicted octanol–water partition coefficient (Wildman–Crippen LogP) is 6.44. The molecule has 0 saturated heterocycles. The zero-order valence-electron chi connectivity index (χ0n) is 24.7. The fraction of sp³-hybridized carbons (Fsp3) is 0.375. The highest BCUT2D eigenvalue weighted by Crippen LogP contribution is 2.26. The van der Waals surface area contributed by atoms with Gasteiger partial charge in [0.1, 0.15) is 12.6 Å². The lowest BCUT2D eigenvalue weighted by molar-refractivity contribution is -0.140. The first-order chi connectivity index (χ1) is 19.8. The van der Waals surface area contributed by atoms with Gasteiger partial charge in [-0.05, 0) is 60.2 Å². The average molecular weight is 633 g/mol. The lowest BCUT2D eigenvalue weighted by Crippen LogP contribution is -2.54. The van der Waals surface area contributed by atoms with Crippen LogP contribution in [0.5, 0.6) is 0 Å². The van der Waals surface area contributed by atoms with Crippen molar-refractivity contribution in [3.8, 4) is 0 Å². The van der Waals surface area contributed by atoms with Gasteiger partial charge in [0.2, 0.25) is 21.8 Å². The number of nitrogens with one attached hydrogen (secondary N) is 1. The molecule has 0 spiro atoms. The molecule has 7 nitrogen and oxygen atoms in total. The zero-order chi connectivity index (χ0) is 31.0. The van der Waals surface area contributed by atoms with Crippen LogP contribution in [0.1, 0.15) is 56.7 Å². The maximum atomic E-state index is 14.2. The maximum absolute atomic E-state index is 14.2. The molecule has 0 saturated carbocycles. The molecule has 2 atom stereocenters. The summed E-state index contributed by atoms with van der Waals surface area (Å²) in [5, 5.41) is 3.69. The van der Waals surface area contributed by atoms with Gasteiger partial charge < -0.3 is 10.2 Å². The van der Waals surface area contributed by atoms with E-state index in [1.807, 2.05) is 70.2 Å². The Hall–Kier alpha value is -3.07. The van der Waals surface area contributed by atoms with E-state index < -0.39 is 28.5 Å². The number of amides is 2. The maximum Gasteiger partial charge on any atom is 0.244 e. The van der Waals surface area contributed by atoms with Crippen molar-refractivity contribution in [1.82, 2.24) is 10.2 Å². The summed E-state index contributed by atoms with van der Waals surface area (Å²) in [4.78, 5) is 29.4. The molecule has 0 aliphatic carbocycles. The van der Waals surface area contributed by atoms with Gasteiger partial charge in [0.05, 0.1) is 22.0 Å². The normalized spacial score (nSPS) is 13.0. The van der Waals surface area contributed by atoms with Crippen LogP contribution in [-0.2, 0) is 32.6 Å². The molecule has 0 fully saturated rings. The summed E-state index contributed by atoms with van der Waals surface area (Å²) in [6.45, 7) is 7.49. The summed E-state index contributed by atoms with van der Waals surface area (Å²) in [6, 6.07) is 20.5. The second-order valence-corrected chi connectivity index (χ2v) is 13.5. The fourth-order valence-electron chi connectivity index (χ4n) is 4.47. The number of hydrogen-bond acceptors (Lipinski definition) is 4. The minimum absolute atomic E-state index is 0.0189. The molecule has 226 valence electrons. The number of hydrogen-bond donors (Lipinski definition) is 1. The number of benzene rings is 3. The highest BCUT2D eigenvalue weighted by atomic mass is 35.5. The molecule has 0 aliphatic rings. The Morgan fingerprint density at radius 1 is 0.881 bits per heavy atom. The molecule has 0 heterocycles. The summed E-state index contributed by atoms with van der Waals surface area (Å²) >= 11 is 12.4. The van der Waals surface area contributed by atoms with Gasteiger partial charge in [-0.1, -0.05) is 92.5 Å². The van der Waals surface area contributed by atoms with Gasteiger partial charge in [-0.2, -0.15) is 0 Å². The predicted molar refractivity (Wildman–Crippen MR) is 172 cm³/mol. The van der Waals surface area contributed by atoms with Crippen LogP contribution < -0.4 is 9.62 Å². The second-order valence-electron chi connectivity index (χ2n) is 10.8. The van der Waals surface area contributed by atoms with Crippen molar-refractivity contribution in [2.24, 2.45) is 0 Å². The molecule has 0 aromatic heterocycles. The number of nitrogens with zero attached hydrogens (tertiary/aromatic N) is 2. The van der Waals surface area contributed by atoms with Crippen molar-refractivity contribution in [1.29, 1.82) is 0 Å². The van der Waals surface area contributed by atoms with Gasteiger partial charge in [0.25, 0.3) is 0 Å². The van der Waals surface area contributed by atoms with Crippen LogP contribution >= 0.6 is 23.2 Å². The molecule has 3 aromatic rings. The van der Waals surface area contributed by atoms with Crippen LogP contribution in [0.4, 0.5) is 5.69 Å². The van der Waals surface area contributed by atoms with E-state index in [9.17, 15) is 18.0 Å². The van der Waals surface area contributed by atoms with Crippen LogP contribution in [0.2, 0.25) is 10.0 Å². The second kappa shape index (κ2) is 14.9. The standard InChI is InChI=1S/C32H39Cl2N3O4S/c1-6-23(4)35-32(39)30(19-24-10-8-7-9-11-24)36(20-25-12-17-28(33)29(34)18-25)31(38)21-37(42(5,40)41)27-15-13-26(14-16-27)22(2)3/h7-18,22-23,30H,6,19-21H2,1-5H3,(H,35,39)/t23-,30-/m1/s1. The molecule has 0 unspecified atom stereocenters. The summed E-state index contributed by atoms with van der Waals surface area (Å²) in [7, 11) is -3.85. The van der Waals surface area contributed by atoms with Crippen LogP contribution in [0, 0.1) is 0 Å². The van der Waals surface area contributed by atoms with Crippen LogP contribution in [-0.4, -0.2) is 50.0 Å². The minimum Gasteiger partial charge on any atom is -0.352 e. The summed E-state index contributed by atoms with van der Waals surface area (Å²) in [6.07, 6.45) is 2.01. The molecule has 0 radical (unpaired) electrons. The van der Waals surface area contributed by atoms with E-state index in [0.29, 0.717) is 27.7 Å². The number of carbonyl (C=O) groups excluding carboxylic acids is 2. The molecule has 42 heavy (non-hydrogen) atoms. The van der Waals surface area contributed by atoms with Crippen molar-refractivity contribution >= 4 is 50.7 Å². The average Bonchev–Trinajstić information content (AvgIpc) is 2.95. The third-order valence-electron chi connectivity index (χ3n) is 7.14. The number of carbonyl (C=O) groups is 2. The van der Waals surface area contributed by atoms with Crippen molar-refractivity contribution in [2.45, 2.75) is 65.1 Å². The SMILES string of the molecule is CC[C@@H](C)NC(=O)[C@@H](Cc1ccccc1)N(Cc1ccc(Cl)c(Cl)c1)C(=O)CN(c1ccc(C(C)C)cc1)S(C)(=O)=O. The quantitative estimate of drug-likeness (QED) is 0.235. The van der Waals surface area contributed by atoms with Gasteiger partial charge >= 0.3 is 0 Å². The Bertz CT molecular complexity index is 1460. The Balaban J connectivity index is 2.07. The van der Waals surface area contributed by atoms with Crippen LogP contribution in [0.3, 0.4) is 0 Å². The fourth-order valence-corrected chi connectivity index (χ4v) is 5.64. The first kappa shape index (κ1) is 33.4. The molecule has 0 aliphatic heterocycles. The van der Waals surface area contributed by atoms with E-state index in [1.165, 1.54) is 4.90 Å². The van der Waals surface area contributed by atoms with E-state index in [2.05, 4.69) is 5.32 Å². The van der Waals surface area contributed by atoms with E-state index in [1.54, 1.807) is 30.3 Å². The molecule has 10 heteroatoms. The van der Waals surface area contributed by atoms with Gasteiger partial charge in [-0.25, -0.2) is 8.42 Å². The van der Waals surface area contributed by atoms with Crippen molar-refractivity contribution in [3.63, 3.8) is 0 Å². The Morgan fingerprint density at radius 3 is 2.07 bits per heavy atom. The van der Waals surface area contributed by atoms with Gasteiger partial charge in [0, 0.05) is 19.0 Å². The molecular weight excluding hydrogens is 593 g/mol. The van der Waals surface area contributed by atoms with Gasteiger partial charge in [-0.3, -0.25) is 13.9 Å². The Labute approximate surface area is 259 Å². The number of halogens is 2. The van der Waals surface area contributed by atoms with E-state index in [4.69, 9.17) is 23.2 Å². The number of sulfonamides is 1. The van der Waals surface area contributed by atoms with Crippen molar-refractivity contribution in [2.75, 3.05) is 17.1 Å². The van der Waals surface area contributed by atoms with Crippen LogP contribution in [0.25, 0.3) is 0 Å². The first-order valence-corrected chi connectivity index (χ1v) is 16.6. The first-order valence-electron chi connectivity index (χ1n) is 14.0. The highest BCUT2D eigenvalue weighted by Gasteiger charge is 2.33. The lowest BCUT2D eigenvalue weighted by atomic mass is 10.0. The highest BCUT2D eigenvalue weighted by molar-refractivity contribution is 7.92. The summed E-state index contributed by atoms with van der Waals surface area (Å²) in [5.41, 5.74) is 2.93. The van der Waals surface area contributed by atoms with Crippen LogP contribution in [0.15, 0.2) is 72.8 Å². The molecule has 3 rings (SSSR count). The third kappa shape index (κ3) is 9.21. The number of anilines is 1. The van der Waals surface area contributed by atoms with E-state index in [0.717, 1.165) is 21.7 Å². The lowest BCUT2D eigenvalue weighted by Gasteiger charge is -2.34. The van der Waals surface area contributed by atoms with Crippen molar-refractivity contribution in [3.05, 3.63) is 99.5 Å². The van der Waals surface area contributed by atoms with Crippen molar-refractivity contribution < 1.29 is 18.0 Å². The van der Waals surface area contributed by atoms with Gasteiger partial charge in [-0.15, -0.1) is 0 Å². The van der Waals surface area contributed by atoms with E-state index >= 15 is 0 Å². The molecule has 0 bridgehead atoms. The van der Waals surface area contributed by atoms with E-state index in [-0.39, 0.29) is 30.8 Å². The summed E-state index contributed by atoms with van der Waals surface area (Å²) < 4.78 is 27.0. The molecular formula is C32H39Cl2N3O4S.